The van der Waals surface area contributed by atoms with Gasteiger partial charge in [-0.15, -0.1) is 0 Å². The second kappa shape index (κ2) is 2.36. The molecule has 0 spiro atoms. The largest absolute Gasteiger partial charge is 0.423 e. The van der Waals surface area contributed by atoms with Crippen molar-refractivity contribution in [2.75, 3.05) is 0 Å². The first-order valence-corrected chi connectivity index (χ1v) is 3.03. The average Bonchev–Trinajstić information content (AvgIpc) is 2.05. The highest BCUT2D eigenvalue weighted by molar-refractivity contribution is 5.94. The van der Waals surface area contributed by atoms with Gasteiger partial charge in [-0.1, -0.05) is 6.58 Å². The van der Waals surface area contributed by atoms with E-state index in [0.717, 1.165) is 6.92 Å². The number of ether oxygens (including phenoxy) is 1. The van der Waals surface area contributed by atoms with Crippen molar-refractivity contribution in [1.29, 1.82) is 0 Å². The molecular weight excluding hydrogens is 173 g/mol. The number of halogens is 3. The molecule has 1 aliphatic heterocycles. The fourth-order valence-electron chi connectivity index (χ4n) is 0.921. The van der Waals surface area contributed by atoms with E-state index in [4.69, 9.17) is 0 Å². The number of carbonyl (C=O) groups is 1. The molecule has 0 aliphatic carbocycles. The van der Waals surface area contributed by atoms with Gasteiger partial charge in [0, 0.05) is 0 Å². The first-order chi connectivity index (χ1) is 5.34. The summed E-state index contributed by atoms with van der Waals surface area (Å²) in [6, 6.07) is 0. The number of hydrogen-bond acceptors (Lipinski definition) is 2. The van der Waals surface area contributed by atoms with Gasteiger partial charge < -0.3 is 4.74 Å². The Morgan fingerprint density at radius 2 is 1.92 bits per heavy atom. The quantitative estimate of drug-likeness (QED) is 0.530. The summed E-state index contributed by atoms with van der Waals surface area (Å²) in [6.07, 6.45) is -4.56. The van der Waals surface area contributed by atoms with Gasteiger partial charge in [-0.3, -0.25) is 0 Å². The predicted octanol–water partition coefficient (Wildman–Crippen LogP) is 1.94. The van der Waals surface area contributed by atoms with Crippen molar-refractivity contribution in [2.24, 2.45) is 0 Å². The van der Waals surface area contributed by atoms with Crippen LogP contribution in [-0.4, -0.2) is 12.1 Å². The van der Waals surface area contributed by atoms with Gasteiger partial charge in [0.05, 0.1) is 5.57 Å². The first-order valence-electron chi connectivity index (χ1n) is 3.03. The highest BCUT2D eigenvalue weighted by Crippen LogP contribution is 2.37. The minimum absolute atomic E-state index is 0.437. The molecule has 2 nitrogen and oxygen atoms in total. The van der Waals surface area contributed by atoms with Crippen molar-refractivity contribution < 1.29 is 22.7 Å². The molecule has 0 N–H and O–H groups in total. The maximum absolute atomic E-state index is 12.1. The van der Waals surface area contributed by atoms with Crippen LogP contribution in [0.1, 0.15) is 6.92 Å². The minimum Gasteiger partial charge on any atom is -0.423 e. The van der Waals surface area contributed by atoms with Crippen LogP contribution in [0.25, 0.3) is 0 Å². The van der Waals surface area contributed by atoms with Crippen LogP contribution in [0.2, 0.25) is 0 Å². The van der Waals surface area contributed by atoms with Gasteiger partial charge in [-0.25, -0.2) is 4.79 Å². The van der Waals surface area contributed by atoms with E-state index in [2.05, 4.69) is 11.3 Å². The van der Waals surface area contributed by atoms with Crippen LogP contribution in [0.15, 0.2) is 23.5 Å². The second-order valence-corrected chi connectivity index (χ2v) is 2.31. The third-order valence-electron chi connectivity index (χ3n) is 1.46. The Morgan fingerprint density at radius 3 is 2.08 bits per heavy atom. The van der Waals surface area contributed by atoms with E-state index in [-0.39, 0.29) is 0 Å². The molecule has 0 aromatic carbocycles. The fourth-order valence-corrected chi connectivity index (χ4v) is 0.921. The molecule has 0 saturated heterocycles. The molecule has 12 heavy (non-hydrogen) atoms. The molecule has 0 bridgehead atoms. The Bertz CT molecular complexity index is 286. The maximum atomic E-state index is 12.1. The van der Waals surface area contributed by atoms with E-state index < -0.39 is 29.1 Å². The van der Waals surface area contributed by atoms with Crippen LogP contribution in [0, 0.1) is 0 Å². The number of allylic oxidation sites excluding steroid dienone is 1. The van der Waals surface area contributed by atoms with Crippen LogP contribution in [-0.2, 0) is 9.53 Å². The Kier molecular flexibility index (Phi) is 1.74. The Morgan fingerprint density at radius 1 is 1.42 bits per heavy atom. The number of carbonyl (C=O) groups excluding carboxylic acids is 1. The third-order valence-corrected chi connectivity index (χ3v) is 1.46. The van der Waals surface area contributed by atoms with Crippen molar-refractivity contribution >= 4 is 5.97 Å². The third kappa shape index (κ3) is 1.22. The summed E-state index contributed by atoms with van der Waals surface area (Å²) in [4.78, 5) is 10.6. The smallest absolute Gasteiger partial charge is 0.420 e. The fraction of sp³-hybridized carbons (Fsp3) is 0.286. The normalized spacial score (nSPS) is 18.7. The van der Waals surface area contributed by atoms with Crippen molar-refractivity contribution in [2.45, 2.75) is 13.1 Å². The van der Waals surface area contributed by atoms with Gasteiger partial charge in [0.15, 0.2) is 0 Å². The van der Waals surface area contributed by atoms with Gasteiger partial charge in [-0.05, 0) is 6.92 Å². The summed E-state index contributed by atoms with van der Waals surface area (Å²) in [5, 5.41) is 0. The Labute approximate surface area is 66.3 Å². The number of esters is 1. The van der Waals surface area contributed by atoms with Crippen LogP contribution in [0.5, 0.6) is 0 Å². The summed E-state index contributed by atoms with van der Waals surface area (Å²) >= 11 is 0. The molecule has 1 heterocycles. The minimum atomic E-state index is -4.56. The van der Waals surface area contributed by atoms with E-state index in [1.54, 1.807) is 0 Å². The second-order valence-electron chi connectivity index (χ2n) is 2.31. The predicted molar refractivity (Wildman–Crippen MR) is 34.0 cm³/mol. The highest BCUT2D eigenvalue weighted by atomic mass is 19.4. The standard InChI is InChI=1S/C7H5F3O2/c1-3-5(7(8,9)10)4(2)12-6(3)11/h2H2,1H3. The molecule has 0 atom stereocenters. The molecule has 0 radical (unpaired) electrons. The van der Waals surface area contributed by atoms with Crippen molar-refractivity contribution in [3.63, 3.8) is 0 Å². The van der Waals surface area contributed by atoms with Crippen molar-refractivity contribution in [1.82, 2.24) is 0 Å². The first kappa shape index (κ1) is 8.83. The molecule has 1 aliphatic rings. The topological polar surface area (TPSA) is 26.3 Å². The van der Waals surface area contributed by atoms with Crippen LogP contribution < -0.4 is 0 Å². The van der Waals surface area contributed by atoms with Gasteiger partial charge >= 0.3 is 12.1 Å². The van der Waals surface area contributed by atoms with Crippen LogP contribution >= 0.6 is 0 Å². The number of alkyl halides is 3. The van der Waals surface area contributed by atoms with E-state index in [1.807, 2.05) is 0 Å². The molecule has 0 aromatic rings. The lowest BCUT2D eigenvalue weighted by Gasteiger charge is -2.06. The zero-order valence-electron chi connectivity index (χ0n) is 6.16. The van der Waals surface area contributed by atoms with Crippen molar-refractivity contribution in [3.05, 3.63) is 23.5 Å². The molecule has 0 aromatic heterocycles. The number of hydrogen-bond donors (Lipinski definition) is 0. The number of rotatable bonds is 0. The summed E-state index contributed by atoms with van der Waals surface area (Å²) in [5.41, 5.74) is -1.50. The summed E-state index contributed by atoms with van der Waals surface area (Å²) in [7, 11) is 0. The summed E-state index contributed by atoms with van der Waals surface area (Å²) in [5.74, 6) is -1.60. The lowest BCUT2D eigenvalue weighted by atomic mass is 10.1. The Hall–Kier alpha value is -1.26. The highest BCUT2D eigenvalue weighted by Gasteiger charge is 2.44. The molecule has 0 unspecified atom stereocenters. The van der Waals surface area contributed by atoms with E-state index in [1.165, 1.54) is 0 Å². The summed E-state index contributed by atoms with van der Waals surface area (Å²) in [6.45, 7) is 4.04. The molecular formula is C7H5F3O2. The van der Waals surface area contributed by atoms with Gasteiger partial charge in [0.2, 0.25) is 0 Å². The maximum Gasteiger partial charge on any atom is 0.420 e. The van der Waals surface area contributed by atoms with E-state index >= 15 is 0 Å². The van der Waals surface area contributed by atoms with Gasteiger partial charge in [-0.2, -0.15) is 13.2 Å². The monoisotopic (exact) mass is 178 g/mol. The van der Waals surface area contributed by atoms with Crippen LogP contribution in [0.4, 0.5) is 13.2 Å². The molecule has 0 amide bonds. The lowest BCUT2D eigenvalue weighted by molar-refractivity contribution is -0.133. The zero-order valence-corrected chi connectivity index (χ0v) is 6.16. The van der Waals surface area contributed by atoms with E-state index in [9.17, 15) is 18.0 Å². The molecule has 0 fully saturated rings. The van der Waals surface area contributed by atoms with Crippen LogP contribution in [0.3, 0.4) is 0 Å². The molecule has 5 heteroatoms. The SMILES string of the molecule is C=C1OC(=O)C(C)=C1C(F)(F)F. The van der Waals surface area contributed by atoms with Gasteiger partial charge in [0.25, 0.3) is 0 Å². The van der Waals surface area contributed by atoms with E-state index in [0.29, 0.717) is 0 Å². The average molecular weight is 178 g/mol. The van der Waals surface area contributed by atoms with Gasteiger partial charge in [0.1, 0.15) is 11.3 Å². The molecule has 66 valence electrons. The Balaban J connectivity index is 3.18. The molecule has 1 rings (SSSR count). The summed E-state index contributed by atoms with van der Waals surface area (Å²) < 4.78 is 40.4. The lowest BCUT2D eigenvalue weighted by Crippen LogP contribution is -2.12. The zero-order chi connectivity index (χ0) is 9.52. The molecule has 0 saturated carbocycles. The number of cyclic esters (lactones) is 1. The van der Waals surface area contributed by atoms with Crippen molar-refractivity contribution in [3.8, 4) is 0 Å².